The molecule has 0 atom stereocenters. The molecule has 2 aromatic rings. The summed E-state index contributed by atoms with van der Waals surface area (Å²) in [4.78, 5) is 12.6. The molecular formula is C17H16O5S2. The van der Waals surface area contributed by atoms with Crippen LogP contribution in [0.1, 0.15) is 5.56 Å². The molecule has 0 spiro atoms. The number of aryl methyl sites for hydroxylation is 1. The maximum Gasteiger partial charge on any atom is 0.347 e. The highest BCUT2D eigenvalue weighted by molar-refractivity contribution is 8.04. The lowest BCUT2D eigenvalue weighted by molar-refractivity contribution is -0.135. The Labute approximate surface area is 145 Å². The fourth-order valence-electron chi connectivity index (χ4n) is 1.70. The van der Waals surface area contributed by atoms with Gasteiger partial charge in [0.1, 0.15) is 16.1 Å². The molecule has 0 radical (unpaired) electrons. The summed E-state index contributed by atoms with van der Waals surface area (Å²) in [5.74, 6) is -0.678. The van der Waals surface area contributed by atoms with E-state index in [1.807, 2.05) is 13.0 Å². The Morgan fingerprint density at radius 1 is 1.04 bits per heavy atom. The first-order chi connectivity index (χ1) is 11.4. The summed E-state index contributed by atoms with van der Waals surface area (Å²) in [6.07, 6.45) is 0.901. The molecule has 0 fully saturated rings. The summed E-state index contributed by atoms with van der Waals surface area (Å²) in [7, 11) is -2.79. The molecule has 0 aliphatic heterocycles. The molecule has 0 aliphatic rings. The number of ether oxygens (including phenoxy) is 1. The SMILES string of the molecule is COC(=O)C(=COS(=O)(=O)c1ccc(C)cc1)Sc1ccccc1. The van der Waals surface area contributed by atoms with Crippen molar-refractivity contribution in [1.29, 1.82) is 0 Å². The number of methoxy groups -OCH3 is 1. The molecule has 2 rings (SSSR count). The maximum absolute atomic E-state index is 12.2. The van der Waals surface area contributed by atoms with Crippen molar-refractivity contribution >= 4 is 27.8 Å². The number of thioether (sulfide) groups is 1. The van der Waals surface area contributed by atoms with E-state index in [4.69, 9.17) is 4.18 Å². The van der Waals surface area contributed by atoms with Gasteiger partial charge in [-0.15, -0.1) is 0 Å². The van der Waals surface area contributed by atoms with Crippen LogP contribution in [0.2, 0.25) is 0 Å². The molecule has 0 heterocycles. The highest BCUT2D eigenvalue weighted by Gasteiger charge is 2.18. The minimum atomic E-state index is -4.00. The fraction of sp³-hybridized carbons (Fsp3) is 0.118. The molecule has 0 aromatic heterocycles. The molecule has 0 amide bonds. The normalized spacial score (nSPS) is 11.8. The average molecular weight is 364 g/mol. The van der Waals surface area contributed by atoms with Gasteiger partial charge >= 0.3 is 16.1 Å². The lowest BCUT2D eigenvalue weighted by Crippen LogP contribution is -2.06. The van der Waals surface area contributed by atoms with Crippen molar-refractivity contribution in [3.63, 3.8) is 0 Å². The Kier molecular flexibility index (Phi) is 6.05. The van der Waals surface area contributed by atoms with Crippen molar-refractivity contribution in [3.8, 4) is 0 Å². The van der Waals surface area contributed by atoms with Crippen LogP contribution in [-0.2, 0) is 23.8 Å². The molecule has 2 aromatic carbocycles. The van der Waals surface area contributed by atoms with Gasteiger partial charge < -0.3 is 8.92 Å². The topological polar surface area (TPSA) is 69.7 Å². The first-order valence-electron chi connectivity index (χ1n) is 6.94. The van der Waals surface area contributed by atoms with E-state index in [1.54, 1.807) is 36.4 Å². The Morgan fingerprint density at radius 3 is 2.25 bits per heavy atom. The van der Waals surface area contributed by atoms with Crippen LogP contribution in [0.5, 0.6) is 0 Å². The van der Waals surface area contributed by atoms with Crippen molar-refractivity contribution in [1.82, 2.24) is 0 Å². The zero-order valence-electron chi connectivity index (χ0n) is 13.1. The second-order valence-corrected chi connectivity index (χ2v) is 7.44. The highest BCUT2D eigenvalue weighted by atomic mass is 32.2. The predicted octanol–water partition coefficient (Wildman–Crippen LogP) is 3.51. The van der Waals surface area contributed by atoms with E-state index < -0.39 is 16.1 Å². The van der Waals surface area contributed by atoms with Gasteiger partial charge in [0.25, 0.3) is 0 Å². The minimum Gasteiger partial charge on any atom is -0.465 e. The summed E-state index contributed by atoms with van der Waals surface area (Å²) in [5, 5.41) is 0. The molecule has 0 saturated carbocycles. The smallest absolute Gasteiger partial charge is 0.347 e. The number of benzene rings is 2. The van der Waals surface area contributed by atoms with Gasteiger partial charge in [-0.3, -0.25) is 0 Å². The maximum atomic E-state index is 12.2. The van der Waals surface area contributed by atoms with Crippen LogP contribution >= 0.6 is 11.8 Å². The number of esters is 1. The number of carbonyl (C=O) groups is 1. The van der Waals surface area contributed by atoms with Crippen molar-refractivity contribution in [3.05, 3.63) is 71.3 Å². The number of carbonyl (C=O) groups excluding carboxylic acids is 1. The number of rotatable bonds is 6. The molecule has 0 unspecified atom stereocenters. The Bertz CT molecular complexity index is 825. The first kappa shape index (κ1) is 18.1. The van der Waals surface area contributed by atoms with E-state index in [-0.39, 0.29) is 9.80 Å². The van der Waals surface area contributed by atoms with Gasteiger partial charge in [-0.2, -0.15) is 8.42 Å². The van der Waals surface area contributed by atoms with Gasteiger partial charge in [-0.1, -0.05) is 47.7 Å². The van der Waals surface area contributed by atoms with Crippen LogP contribution in [0.15, 0.2) is 75.6 Å². The standard InChI is InChI=1S/C17H16O5S2/c1-13-8-10-15(11-9-13)24(19,20)22-12-16(17(18)21-2)23-14-6-4-3-5-7-14/h3-12H,1-2H3. The molecule has 0 bridgehead atoms. The number of hydrogen-bond donors (Lipinski definition) is 0. The molecular weight excluding hydrogens is 348 g/mol. The third kappa shape index (κ3) is 4.87. The molecule has 24 heavy (non-hydrogen) atoms. The summed E-state index contributed by atoms with van der Waals surface area (Å²) < 4.78 is 33.9. The second kappa shape index (κ2) is 8.03. The number of hydrogen-bond acceptors (Lipinski definition) is 6. The monoisotopic (exact) mass is 364 g/mol. The molecule has 5 nitrogen and oxygen atoms in total. The largest absolute Gasteiger partial charge is 0.465 e. The fourth-order valence-corrected chi connectivity index (χ4v) is 3.37. The van der Waals surface area contributed by atoms with Crippen LogP contribution < -0.4 is 0 Å². The molecule has 126 valence electrons. The third-order valence-corrected chi connectivity index (χ3v) is 5.14. The summed E-state index contributed by atoms with van der Waals surface area (Å²) in [6, 6.07) is 15.2. The van der Waals surface area contributed by atoms with Crippen LogP contribution in [0.4, 0.5) is 0 Å². The zero-order chi connectivity index (χ0) is 17.6. The molecule has 0 aliphatic carbocycles. The van der Waals surface area contributed by atoms with Gasteiger partial charge in [-0.05, 0) is 31.2 Å². The Balaban J connectivity index is 2.23. The van der Waals surface area contributed by atoms with Crippen LogP contribution in [0, 0.1) is 6.92 Å². The van der Waals surface area contributed by atoms with E-state index in [0.717, 1.165) is 28.5 Å². The summed E-state index contributed by atoms with van der Waals surface area (Å²) in [6.45, 7) is 1.85. The van der Waals surface area contributed by atoms with E-state index >= 15 is 0 Å². The molecule has 0 saturated heterocycles. The quantitative estimate of drug-likeness (QED) is 0.257. The molecule has 7 heteroatoms. The van der Waals surface area contributed by atoms with Gasteiger partial charge in [0.2, 0.25) is 0 Å². The van der Waals surface area contributed by atoms with Crippen molar-refractivity contribution in [2.45, 2.75) is 16.7 Å². The second-order valence-electron chi connectivity index (χ2n) is 4.75. The van der Waals surface area contributed by atoms with Gasteiger partial charge in [0.15, 0.2) is 0 Å². The van der Waals surface area contributed by atoms with E-state index in [9.17, 15) is 13.2 Å². The minimum absolute atomic E-state index is 0.0123. The van der Waals surface area contributed by atoms with Crippen molar-refractivity contribution in [2.24, 2.45) is 0 Å². The van der Waals surface area contributed by atoms with Crippen LogP contribution in [0.25, 0.3) is 0 Å². The zero-order valence-corrected chi connectivity index (χ0v) is 14.8. The van der Waals surface area contributed by atoms with Crippen molar-refractivity contribution < 1.29 is 22.1 Å². The van der Waals surface area contributed by atoms with E-state index in [0.29, 0.717) is 0 Å². The molecule has 0 N–H and O–H groups in total. The van der Waals surface area contributed by atoms with Crippen LogP contribution in [0.3, 0.4) is 0 Å². The van der Waals surface area contributed by atoms with Crippen molar-refractivity contribution in [2.75, 3.05) is 7.11 Å². The van der Waals surface area contributed by atoms with Crippen LogP contribution in [-0.4, -0.2) is 21.5 Å². The Hall–Kier alpha value is -2.25. The Morgan fingerprint density at radius 2 is 1.67 bits per heavy atom. The van der Waals surface area contributed by atoms with Gasteiger partial charge in [-0.25, -0.2) is 4.79 Å². The first-order valence-corrected chi connectivity index (χ1v) is 9.16. The van der Waals surface area contributed by atoms with E-state index in [1.165, 1.54) is 19.2 Å². The predicted molar refractivity (Wildman–Crippen MR) is 91.8 cm³/mol. The van der Waals surface area contributed by atoms with Gasteiger partial charge in [0, 0.05) is 4.90 Å². The average Bonchev–Trinajstić information content (AvgIpc) is 2.59. The highest BCUT2D eigenvalue weighted by Crippen LogP contribution is 2.28. The summed E-state index contributed by atoms with van der Waals surface area (Å²) >= 11 is 1.06. The van der Waals surface area contributed by atoms with E-state index in [2.05, 4.69) is 4.74 Å². The lowest BCUT2D eigenvalue weighted by atomic mass is 10.2. The third-order valence-electron chi connectivity index (χ3n) is 2.95. The summed E-state index contributed by atoms with van der Waals surface area (Å²) in [5.41, 5.74) is 0.930. The van der Waals surface area contributed by atoms with Gasteiger partial charge in [0.05, 0.1) is 7.11 Å². The lowest BCUT2D eigenvalue weighted by Gasteiger charge is -2.07.